The molecule has 16 heavy (non-hydrogen) atoms. The van der Waals surface area contributed by atoms with Gasteiger partial charge in [0.2, 0.25) is 5.91 Å². The molecule has 0 aromatic rings. The smallest absolute Gasteiger partial charge is 0.221 e. The van der Waals surface area contributed by atoms with Crippen LogP contribution in [0.5, 0.6) is 0 Å². The first-order chi connectivity index (χ1) is 7.41. The van der Waals surface area contributed by atoms with Crippen molar-refractivity contribution in [2.45, 2.75) is 45.7 Å². The zero-order chi connectivity index (χ0) is 12.6. The molecule has 1 amide bonds. The molecule has 0 saturated heterocycles. The zero-order valence-corrected chi connectivity index (χ0v) is 11.5. The summed E-state index contributed by atoms with van der Waals surface area (Å²) in [7, 11) is -0.776. The maximum absolute atomic E-state index is 11.5. The molecule has 0 heterocycles. The van der Waals surface area contributed by atoms with Gasteiger partial charge in [-0.1, -0.05) is 13.8 Å². The van der Waals surface area contributed by atoms with E-state index in [1.807, 2.05) is 6.92 Å². The molecule has 0 saturated carbocycles. The van der Waals surface area contributed by atoms with Crippen molar-refractivity contribution in [1.82, 2.24) is 10.6 Å². The third kappa shape index (κ3) is 10.1. The minimum absolute atomic E-state index is 0.0579. The van der Waals surface area contributed by atoms with Crippen LogP contribution >= 0.6 is 0 Å². The highest BCUT2D eigenvalue weighted by molar-refractivity contribution is 7.84. The van der Waals surface area contributed by atoms with E-state index in [1.165, 1.54) is 0 Å². The highest BCUT2D eigenvalue weighted by Gasteiger charge is 2.07. The van der Waals surface area contributed by atoms with Crippen LogP contribution in [0.15, 0.2) is 0 Å². The van der Waals surface area contributed by atoms with E-state index in [2.05, 4.69) is 24.5 Å². The van der Waals surface area contributed by atoms with Crippen molar-refractivity contribution in [3.05, 3.63) is 0 Å². The third-order valence-corrected chi connectivity index (χ3v) is 2.96. The molecule has 0 aliphatic carbocycles. The molecule has 2 unspecified atom stereocenters. The van der Waals surface area contributed by atoms with Crippen molar-refractivity contribution < 1.29 is 9.00 Å². The number of amides is 1. The van der Waals surface area contributed by atoms with Gasteiger partial charge in [-0.25, -0.2) is 0 Å². The molecule has 0 bridgehead atoms. The Morgan fingerprint density at radius 3 is 2.44 bits per heavy atom. The Labute approximate surface area is 101 Å². The fourth-order valence-electron chi connectivity index (χ4n) is 1.24. The SMILES string of the molecule is CC(C)NCCC(=O)NC(C)CCS(C)=O. The monoisotopic (exact) mass is 248 g/mol. The Morgan fingerprint density at radius 1 is 1.31 bits per heavy atom. The third-order valence-electron chi connectivity index (χ3n) is 2.15. The van der Waals surface area contributed by atoms with Gasteiger partial charge in [0.1, 0.15) is 0 Å². The Balaban J connectivity index is 3.58. The second-order valence-electron chi connectivity index (χ2n) is 4.39. The molecule has 0 aliphatic heterocycles. The molecule has 0 aromatic carbocycles. The van der Waals surface area contributed by atoms with Crippen LogP contribution in [-0.2, 0) is 15.6 Å². The van der Waals surface area contributed by atoms with E-state index in [0.29, 0.717) is 24.8 Å². The first-order valence-corrected chi connectivity index (χ1v) is 7.47. The minimum atomic E-state index is -0.776. The number of carbonyl (C=O) groups is 1. The first kappa shape index (κ1) is 15.6. The first-order valence-electron chi connectivity index (χ1n) is 5.74. The van der Waals surface area contributed by atoms with Crippen LogP contribution in [0.3, 0.4) is 0 Å². The van der Waals surface area contributed by atoms with Gasteiger partial charge in [0.15, 0.2) is 0 Å². The summed E-state index contributed by atoms with van der Waals surface area (Å²) in [5.74, 6) is 0.702. The van der Waals surface area contributed by atoms with E-state index in [9.17, 15) is 9.00 Å². The van der Waals surface area contributed by atoms with Gasteiger partial charge in [-0.2, -0.15) is 0 Å². The van der Waals surface area contributed by atoms with Crippen LogP contribution in [0, 0.1) is 0 Å². The van der Waals surface area contributed by atoms with Crippen LogP contribution in [0.2, 0.25) is 0 Å². The van der Waals surface area contributed by atoms with Gasteiger partial charge in [-0.3, -0.25) is 9.00 Å². The average Bonchev–Trinajstić information content (AvgIpc) is 2.14. The molecule has 0 aliphatic rings. The summed E-state index contributed by atoms with van der Waals surface area (Å²) in [6.07, 6.45) is 2.95. The summed E-state index contributed by atoms with van der Waals surface area (Å²) in [5, 5.41) is 6.09. The molecule has 96 valence electrons. The molecule has 0 spiro atoms. The molecule has 0 rings (SSSR count). The highest BCUT2D eigenvalue weighted by Crippen LogP contribution is 1.93. The molecule has 0 aromatic heterocycles. The van der Waals surface area contributed by atoms with Gasteiger partial charge in [0.25, 0.3) is 0 Å². The van der Waals surface area contributed by atoms with E-state index in [1.54, 1.807) is 6.26 Å². The Hall–Kier alpha value is -0.420. The summed E-state index contributed by atoms with van der Waals surface area (Å²) in [6.45, 7) is 6.75. The van der Waals surface area contributed by atoms with E-state index >= 15 is 0 Å². The lowest BCUT2D eigenvalue weighted by molar-refractivity contribution is -0.121. The second-order valence-corrected chi connectivity index (χ2v) is 5.95. The van der Waals surface area contributed by atoms with Gasteiger partial charge in [-0.05, 0) is 13.3 Å². The van der Waals surface area contributed by atoms with Gasteiger partial charge >= 0.3 is 0 Å². The van der Waals surface area contributed by atoms with Crippen molar-refractivity contribution in [3.8, 4) is 0 Å². The Bertz CT molecular complexity index is 232. The average molecular weight is 248 g/mol. The van der Waals surface area contributed by atoms with E-state index in [-0.39, 0.29) is 11.9 Å². The minimum Gasteiger partial charge on any atom is -0.354 e. The molecule has 5 heteroatoms. The number of hydrogen-bond donors (Lipinski definition) is 2. The Morgan fingerprint density at radius 2 is 1.94 bits per heavy atom. The topological polar surface area (TPSA) is 58.2 Å². The van der Waals surface area contributed by atoms with Crippen molar-refractivity contribution in [2.75, 3.05) is 18.6 Å². The van der Waals surface area contributed by atoms with Crippen molar-refractivity contribution >= 4 is 16.7 Å². The van der Waals surface area contributed by atoms with Crippen molar-refractivity contribution in [2.24, 2.45) is 0 Å². The molecular formula is C11H24N2O2S. The molecule has 0 fully saturated rings. The van der Waals surface area contributed by atoms with E-state index < -0.39 is 10.8 Å². The fraction of sp³-hybridized carbons (Fsp3) is 0.909. The quantitative estimate of drug-likeness (QED) is 0.663. The van der Waals surface area contributed by atoms with Crippen LogP contribution in [0.25, 0.3) is 0 Å². The summed E-state index contributed by atoms with van der Waals surface area (Å²) >= 11 is 0. The number of hydrogen-bond acceptors (Lipinski definition) is 3. The molecule has 2 N–H and O–H groups in total. The number of rotatable bonds is 8. The van der Waals surface area contributed by atoms with E-state index in [4.69, 9.17) is 0 Å². The van der Waals surface area contributed by atoms with Gasteiger partial charge < -0.3 is 10.6 Å². The number of carbonyl (C=O) groups excluding carboxylic acids is 1. The largest absolute Gasteiger partial charge is 0.354 e. The highest BCUT2D eigenvalue weighted by atomic mass is 32.2. The number of nitrogens with one attached hydrogen (secondary N) is 2. The predicted octanol–water partition coefficient (Wildman–Crippen LogP) is 0.648. The predicted molar refractivity (Wildman–Crippen MR) is 68.9 cm³/mol. The summed E-state index contributed by atoms with van der Waals surface area (Å²) in [6, 6.07) is 0.517. The van der Waals surface area contributed by atoms with E-state index in [0.717, 1.165) is 6.42 Å². The lowest BCUT2D eigenvalue weighted by Gasteiger charge is -2.13. The summed E-state index contributed by atoms with van der Waals surface area (Å²) in [5.41, 5.74) is 0. The summed E-state index contributed by atoms with van der Waals surface area (Å²) < 4.78 is 10.9. The molecule has 0 radical (unpaired) electrons. The van der Waals surface area contributed by atoms with Crippen LogP contribution < -0.4 is 10.6 Å². The molecule has 4 nitrogen and oxygen atoms in total. The van der Waals surface area contributed by atoms with Gasteiger partial charge in [0.05, 0.1) is 0 Å². The van der Waals surface area contributed by atoms with Crippen LogP contribution in [-0.4, -0.2) is 40.8 Å². The second kappa shape index (κ2) is 8.70. The molecule has 2 atom stereocenters. The van der Waals surface area contributed by atoms with Gasteiger partial charge in [0, 0.05) is 47.9 Å². The zero-order valence-electron chi connectivity index (χ0n) is 10.7. The fourth-order valence-corrected chi connectivity index (χ4v) is 1.92. The normalized spacial score (nSPS) is 14.8. The summed E-state index contributed by atoms with van der Waals surface area (Å²) in [4.78, 5) is 11.5. The Kier molecular flexibility index (Phi) is 8.47. The van der Waals surface area contributed by atoms with Crippen LogP contribution in [0.4, 0.5) is 0 Å². The molecular weight excluding hydrogens is 224 g/mol. The van der Waals surface area contributed by atoms with Gasteiger partial charge in [-0.15, -0.1) is 0 Å². The standard InChI is InChI=1S/C11H24N2O2S/c1-9(2)12-7-5-11(14)13-10(3)6-8-16(4)15/h9-10,12H,5-8H2,1-4H3,(H,13,14). The van der Waals surface area contributed by atoms with Crippen LogP contribution in [0.1, 0.15) is 33.6 Å². The lowest BCUT2D eigenvalue weighted by atomic mass is 10.2. The van der Waals surface area contributed by atoms with Crippen molar-refractivity contribution in [1.29, 1.82) is 0 Å². The lowest BCUT2D eigenvalue weighted by Crippen LogP contribution is -2.36. The maximum atomic E-state index is 11.5. The van der Waals surface area contributed by atoms with Crippen molar-refractivity contribution in [3.63, 3.8) is 0 Å². The maximum Gasteiger partial charge on any atom is 0.221 e.